The van der Waals surface area contributed by atoms with Crippen LogP contribution in [0.3, 0.4) is 0 Å². The number of nitrogens with zero attached hydrogens (tertiary/aromatic N) is 2. The summed E-state index contributed by atoms with van der Waals surface area (Å²) in [6.45, 7) is 0.628. The summed E-state index contributed by atoms with van der Waals surface area (Å²) in [4.78, 5) is 4.65. The van der Waals surface area contributed by atoms with Crippen LogP contribution in [0.4, 0.5) is 4.39 Å². The van der Waals surface area contributed by atoms with Gasteiger partial charge < -0.3 is 10.3 Å². The Hall–Kier alpha value is -2.20. The van der Waals surface area contributed by atoms with Crippen molar-refractivity contribution in [3.05, 3.63) is 53.8 Å². The molecule has 2 N–H and O–H groups in total. The van der Waals surface area contributed by atoms with Crippen LogP contribution < -0.4 is 5.73 Å². The van der Waals surface area contributed by atoms with Crippen molar-refractivity contribution in [2.75, 3.05) is 6.54 Å². The van der Waals surface area contributed by atoms with Crippen molar-refractivity contribution in [3.8, 4) is 11.4 Å². The SMILES string of the molecule is Cn1c(-c2ccc(F)cc2)nc2cc(CCN)ccc21. The summed E-state index contributed by atoms with van der Waals surface area (Å²) in [7, 11) is 1.97. The summed E-state index contributed by atoms with van der Waals surface area (Å²) in [6, 6.07) is 12.6. The van der Waals surface area contributed by atoms with E-state index in [4.69, 9.17) is 5.73 Å². The molecule has 1 aromatic heterocycles. The molecule has 102 valence electrons. The molecule has 0 amide bonds. The Kier molecular flexibility index (Phi) is 3.24. The number of rotatable bonds is 3. The van der Waals surface area contributed by atoms with Gasteiger partial charge in [0, 0.05) is 12.6 Å². The van der Waals surface area contributed by atoms with Gasteiger partial charge in [-0.25, -0.2) is 9.37 Å². The highest BCUT2D eigenvalue weighted by Crippen LogP contribution is 2.24. The number of halogens is 1. The summed E-state index contributed by atoms with van der Waals surface area (Å²) >= 11 is 0. The number of benzene rings is 2. The van der Waals surface area contributed by atoms with Gasteiger partial charge in [-0.1, -0.05) is 6.07 Å². The fourth-order valence-corrected chi connectivity index (χ4v) is 2.42. The zero-order valence-corrected chi connectivity index (χ0v) is 11.3. The van der Waals surface area contributed by atoms with Crippen LogP contribution in [-0.4, -0.2) is 16.1 Å². The van der Waals surface area contributed by atoms with Gasteiger partial charge in [-0.05, 0) is 54.9 Å². The summed E-state index contributed by atoms with van der Waals surface area (Å²) in [6.07, 6.45) is 0.846. The molecule has 0 saturated carbocycles. The number of fused-ring (bicyclic) bond motifs is 1. The summed E-state index contributed by atoms with van der Waals surface area (Å²) in [5.41, 5.74) is 9.68. The highest BCUT2D eigenvalue weighted by molar-refractivity contribution is 5.81. The van der Waals surface area contributed by atoms with Crippen molar-refractivity contribution in [2.24, 2.45) is 12.8 Å². The lowest BCUT2D eigenvalue weighted by Crippen LogP contribution is -2.02. The van der Waals surface area contributed by atoms with Crippen LogP contribution in [0.5, 0.6) is 0 Å². The molecule has 2 aromatic carbocycles. The van der Waals surface area contributed by atoms with Crippen molar-refractivity contribution in [1.82, 2.24) is 9.55 Å². The van der Waals surface area contributed by atoms with E-state index < -0.39 is 0 Å². The minimum atomic E-state index is -0.238. The van der Waals surface area contributed by atoms with E-state index in [1.54, 1.807) is 12.1 Å². The molecule has 3 rings (SSSR count). The third-order valence-corrected chi connectivity index (χ3v) is 3.48. The fourth-order valence-electron chi connectivity index (χ4n) is 2.42. The van der Waals surface area contributed by atoms with Crippen molar-refractivity contribution in [1.29, 1.82) is 0 Å². The highest BCUT2D eigenvalue weighted by atomic mass is 19.1. The molecular formula is C16H16FN3. The normalized spacial score (nSPS) is 11.2. The largest absolute Gasteiger partial charge is 0.330 e. The third-order valence-electron chi connectivity index (χ3n) is 3.48. The number of nitrogens with two attached hydrogens (primary N) is 1. The maximum absolute atomic E-state index is 13.0. The van der Waals surface area contributed by atoms with Crippen LogP contribution in [0, 0.1) is 5.82 Å². The maximum atomic E-state index is 13.0. The predicted octanol–water partition coefficient (Wildman–Crippen LogP) is 2.88. The Morgan fingerprint density at radius 2 is 1.90 bits per heavy atom. The van der Waals surface area contributed by atoms with Crippen LogP contribution in [-0.2, 0) is 13.5 Å². The molecule has 0 atom stereocenters. The van der Waals surface area contributed by atoms with E-state index in [1.165, 1.54) is 17.7 Å². The van der Waals surface area contributed by atoms with E-state index in [1.807, 2.05) is 11.6 Å². The zero-order valence-electron chi connectivity index (χ0n) is 11.3. The van der Waals surface area contributed by atoms with E-state index in [2.05, 4.69) is 23.2 Å². The Morgan fingerprint density at radius 1 is 1.15 bits per heavy atom. The second-order valence-electron chi connectivity index (χ2n) is 4.86. The fraction of sp³-hybridized carbons (Fsp3) is 0.188. The van der Waals surface area contributed by atoms with Gasteiger partial charge in [0.15, 0.2) is 0 Å². The Morgan fingerprint density at radius 3 is 2.60 bits per heavy atom. The Balaban J connectivity index is 2.12. The van der Waals surface area contributed by atoms with E-state index >= 15 is 0 Å². The molecule has 3 nitrogen and oxygen atoms in total. The number of imidazole rings is 1. The van der Waals surface area contributed by atoms with Gasteiger partial charge in [0.05, 0.1) is 11.0 Å². The van der Waals surface area contributed by atoms with Gasteiger partial charge in [0.1, 0.15) is 11.6 Å². The van der Waals surface area contributed by atoms with Gasteiger partial charge in [0.25, 0.3) is 0 Å². The molecule has 0 aliphatic rings. The lowest BCUT2D eigenvalue weighted by Gasteiger charge is -2.02. The lowest BCUT2D eigenvalue weighted by atomic mass is 10.1. The molecule has 0 aliphatic carbocycles. The first kappa shape index (κ1) is 12.8. The minimum Gasteiger partial charge on any atom is -0.330 e. The summed E-state index contributed by atoms with van der Waals surface area (Å²) in [5, 5.41) is 0. The van der Waals surface area contributed by atoms with Crippen molar-refractivity contribution in [2.45, 2.75) is 6.42 Å². The number of aryl methyl sites for hydroxylation is 1. The molecule has 20 heavy (non-hydrogen) atoms. The van der Waals surface area contributed by atoms with Crippen LogP contribution in [0.2, 0.25) is 0 Å². The first-order valence-corrected chi connectivity index (χ1v) is 6.60. The second kappa shape index (κ2) is 5.06. The van der Waals surface area contributed by atoms with Crippen molar-refractivity contribution >= 4 is 11.0 Å². The van der Waals surface area contributed by atoms with Crippen LogP contribution >= 0.6 is 0 Å². The van der Waals surface area contributed by atoms with E-state index in [0.29, 0.717) is 6.54 Å². The molecule has 0 bridgehead atoms. The molecule has 0 radical (unpaired) electrons. The van der Waals surface area contributed by atoms with E-state index in [-0.39, 0.29) is 5.82 Å². The Bertz CT molecular complexity index is 744. The van der Waals surface area contributed by atoms with E-state index in [0.717, 1.165) is 28.8 Å². The Labute approximate surface area is 116 Å². The first-order valence-electron chi connectivity index (χ1n) is 6.60. The predicted molar refractivity (Wildman–Crippen MR) is 78.9 cm³/mol. The molecule has 0 fully saturated rings. The first-order chi connectivity index (χ1) is 9.69. The number of aromatic nitrogens is 2. The molecular weight excluding hydrogens is 253 g/mol. The minimum absolute atomic E-state index is 0.238. The molecule has 0 spiro atoms. The van der Waals surface area contributed by atoms with Crippen molar-refractivity contribution in [3.63, 3.8) is 0 Å². The van der Waals surface area contributed by atoms with Gasteiger partial charge >= 0.3 is 0 Å². The number of hydrogen-bond acceptors (Lipinski definition) is 2. The quantitative estimate of drug-likeness (QED) is 0.794. The average Bonchev–Trinajstić information content (AvgIpc) is 2.77. The van der Waals surface area contributed by atoms with Gasteiger partial charge in [-0.15, -0.1) is 0 Å². The molecule has 0 unspecified atom stereocenters. The lowest BCUT2D eigenvalue weighted by molar-refractivity contribution is 0.628. The standard InChI is InChI=1S/C16H16FN3/c1-20-15-7-2-11(8-9-18)10-14(15)19-16(20)12-3-5-13(17)6-4-12/h2-7,10H,8-9,18H2,1H3. The summed E-state index contributed by atoms with van der Waals surface area (Å²) in [5.74, 6) is 0.600. The van der Waals surface area contributed by atoms with Gasteiger partial charge in [0.2, 0.25) is 0 Å². The maximum Gasteiger partial charge on any atom is 0.140 e. The van der Waals surface area contributed by atoms with Crippen LogP contribution in [0.1, 0.15) is 5.56 Å². The molecule has 0 saturated heterocycles. The van der Waals surface area contributed by atoms with Gasteiger partial charge in [-0.2, -0.15) is 0 Å². The smallest absolute Gasteiger partial charge is 0.140 e. The summed E-state index contributed by atoms with van der Waals surface area (Å²) < 4.78 is 15.0. The average molecular weight is 269 g/mol. The van der Waals surface area contributed by atoms with E-state index in [9.17, 15) is 4.39 Å². The van der Waals surface area contributed by atoms with Crippen LogP contribution in [0.25, 0.3) is 22.4 Å². The second-order valence-corrected chi connectivity index (χ2v) is 4.86. The third kappa shape index (κ3) is 2.18. The number of hydrogen-bond donors (Lipinski definition) is 1. The topological polar surface area (TPSA) is 43.8 Å². The van der Waals surface area contributed by atoms with Crippen molar-refractivity contribution < 1.29 is 4.39 Å². The van der Waals surface area contributed by atoms with Gasteiger partial charge in [-0.3, -0.25) is 0 Å². The molecule has 3 aromatic rings. The monoisotopic (exact) mass is 269 g/mol. The molecule has 0 aliphatic heterocycles. The molecule has 1 heterocycles. The zero-order chi connectivity index (χ0) is 14.1. The highest BCUT2D eigenvalue weighted by Gasteiger charge is 2.10. The van der Waals surface area contributed by atoms with Crippen LogP contribution in [0.15, 0.2) is 42.5 Å². The molecule has 4 heteroatoms.